The smallest absolute Gasteiger partial charge is 0.291 e. The number of carbonyl (C=O) groups excluding carboxylic acids is 1. The van der Waals surface area contributed by atoms with Crippen LogP contribution in [0.4, 0.5) is 5.69 Å². The van der Waals surface area contributed by atoms with Crippen molar-refractivity contribution in [1.29, 1.82) is 0 Å². The Morgan fingerprint density at radius 3 is 2.70 bits per heavy atom. The number of aryl methyl sites for hydroxylation is 1. The Kier molecular flexibility index (Phi) is 3.16. The van der Waals surface area contributed by atoms with Crippen LogP contribution in [0.2, 0.25) is 5.02 Å². The lowest BCUT2D eigenvalue weighted by Crippen LogP contribution is -2.11. The Morgan fingerprint density at radius 1 is 1.25 bits per heavy atom. The summed E-state index contributed by atoms with van der Waals surface area (Å²) >= 11 is 6.07. The normalized spacial score (nSPS) is 10.7. The zero-order valence-electron chi connectivity index (χ0n) is 10.7. The van der Waals surface area contributed by atoms with Crippen molar-refractivity contribution in [3.05, 3.63) is 59.1 Å². The van der Waals surface area contributed by atoms with E-state index in [0.717, 1.165) is 10.9 Å². The van der Waals surface area contributed by atoms with E-state index in [1.165, 1.54) is 0 Å². The van der Waals surface area contributed by atoms with E-state index < -0.39 is 0 Å². The third-order valence-corrected chi connectivity index (χ3v) is 3.36. The maximum absolute atomic E-state index is 12.2. The first-order valence-electron chi connectivity index (χ1n) is 6.06. The second-order valence-electron chi connectivity index (χ2n) is 4.36. The van der Waals surface area contributed by atoms with E-state index in [4.69, 9.17) is 16.0 Å². The maximum Gasteiger partial charge on any atom is 0.291 e. The average Bonchev–Trinajstić information content (AvgIpc) is 2.79. The van der Waals surface area contributed by atoms with E-state index in [1.54, 1.807) is 30.6 Å². The number of fused-ring (bicyclic) bond motifs is 1. The maximum atomic E-state index is 12.2. The van der Waals surface area contributed by atoms with Gasteiger partial charge in [-0.3, -0.25) is 9.78 Å². The van der Waals surface area contributed by atoms with E-state index in [0.29, 0.717) is 16.3 Å². The van der Waals surface area contributed by atoms with Gasteiger partial charge in [0.05, 0.1) is 5.02 Å². The number of aromatic nitrogens is 1. The molecule has 1 N–H and O–H groups in total. The molecule has 100 valence electrons. The van der Waals surface area contributed by atoms with Crippen LogP contribution in [0, 0.1) is 6.92 Å². The van der Waals surface area contributed by atoms with Crippen molar-refractivity contribution in [2.24, 2.45) is 0 Å². The van der Waals surface area contributed by atoms with Gasteiger partial charge >= 0.3 is 0 Å². The molecule has 2 heterocycles. The summed E-state index contributed by atoms with van der Waals surface area (Å²) in [5, 5.41) is 4.10. The fourth-order valence-corrected chi connectivity index (χ4v) is 2.26. The second-order valence-corrected chi connectivity index (χ2v) is 4.77. The highest BCUT2D eigenvalue weighted by Gasteiger charge is 2.18. The molecule has 4 nitrogen and oxygen atoms in total. The summed E-state index contributed by atoms with van der Waals surface area (Å²) in [5.41, 5.74) is 1.97. The zero-order valence-corrected chi connectivity index (χ0v) is 11.4. The van der Waals surface area contributed by atoms with E-state index >= 15 is 0 Å². The number of pyridine rings is 1. The molecule has 2 aromatic heterocycles. The van der Waals surface area contributed by atoms with Gasteiger partial charge in [-0.1, -0.05) is 23.7 Å². The Bertz CT molecular complexity index is 781. The average molecular weight is 287 g/mol. The number of hydrogen-bond donors (Lipinski definition) is 1. The van der Waals surface area contributed by atoms with Crippen molar-refractivity contribution in [2.45, 2.75) is 6.92 Å². The van der Waals surface area contributed by atoms with E-state index in [1.807, 2.05) is 19.1 Å². The molecule has 3 aromatic rings. The van der Waals surface area contributed by atoms with Gasteiger partial charge in [-0.25, -0.2) is 0 Å². The predicted molar refractivity (Wildman–Crippen MR) is 78.2 cm³/mol. The number of nitrogens with one attached hydrogen (secondary N) is 1. The lowest BCUT2D eigenvalue weighted by atomic mass is 10.1. The molecule has 5 heteroatoms. The molecule has 0 aliphatic carbocycles. The molecule has 20 heavy (non-hydrogen) atoms. The van der Waals surface area contributed by atoms with Crippen molar-refractivity contribution in [3.8, 4) is 0 Å². The Balaban J connectivity index is 2.00. The van der Waals surface area contributed by atoms with Crippen LogP contribution in [0.15, 0.2) is 47.1 Å². The predicted octanol–water partition coefficient (Wildman–Crippen LogP) is 4.04. The van der Waals surface area contributed by atoms with Crippen LogP contribution >= 0.6 is 11.6 Å². The largest absolute Gasteiger partial charge is 0.449 e. The minimum Gasteiger partial charge on any atom is -0.449 e. The van der Waals surface area contributed by atoms with Crippen LogP contribution in [0.1, 0.15) is 16.1 Å². The number of nitrogens with zero attached hydrogens (tertiary/aromatic N) is 1. The van der Waals surface area contributed by atoms with Crippen LogP contribution in [-0.4, -0.2) is 10.9 Å². The van der Waals surface area contributed by atoms with Gasteiger partial charge in [0.1, 0.15) is 0 Å². The van der Waals surface area contributed by atoms with Gasteiger partial charge in [0.2, 0.25) is 0 Å². The number of furan rings is 1. The minimum atomic E-state index is -0.305. The lowest BCUT2D eigenvalue weighted by molar-refractivity contribution is 0.0998. The molecule has 1 amide bonds. The molecule has 3 rings (SSSR count). The van der Waals surface area contributed by atoms with Crippen molar-refractivity contribution in [3.63, 3.8) is 0 Å². The number of anilines is 1. The molecule has 0 aliphatic heterocycles. The van der Waals surface area contributed by atoms with Gasteiger partial charge in [-0.2, -0.15) is 0 Å². The first kappa shape index (κ1) is 12.7. The molecule has 0 radical (unpaired) electrons. The Labute approximate surface area is 120 Å². The van der Waals surface area contributed by atoms with Gasteiger partial charge in [0.15, 0.2) is 11.3 Å². The monoisotopic (exact) mass is 286 g/mol. The number of rotatable bonds is 2. The van der Waals surface area contributed by atoms with Crippen LogP contribution in [-0.2, 0) is 0 Å². The first-order valence-corrected chi connectivity index (χ1v) is 6.43. The summed E-state index contributed by atoms with van der Waals surface area (Å²) in [7, 11) is 0. The lowest BCUT2D eigenvalue weighted by Gasteiger charge is -2.02. The fourth-order valence-electron chi connectivity index (χ4n) is 2.05. The molecule has 0 bridgehead atoms. The van der Waals surface area contributed by atoms with Crippen LogP contribution in [0.25, 0.3) is 11.0 Å². The van der Waals surface area contributed by atoms with Crippen molar-refractivity contribution in [2.75, 3.05) is 5.32 Å². The van der Waals surface area contributed by atoms with Gasteiger partial charge < -0.3 is 9.73 Å². The summed E-state index contributed by atoms with van der Waals surface area (Å²) < 4.78 is 5.60. The standard InChI is InChI=1S/C15H11ClN2O2/c1-9-11-3-2-4-12(16)14(11)20-13(9)15(19)18-10-5-7-17-8-6-10/h2-8H,1H3,(H,17,18,19). The van der Waals surface area contributed by atoms with E-state index in [9.17, 15) is 4.79 Å². The summed E-state index contributed by atoms with van der Waals surface area (Å²) in [4.78, 5) is 16.1. The summed E-state index contributed by atoms with van der Waals surface area (Å²) in [5.74, 6) is -0.0362. The number of hydrogen-bond acceptors (Lipinski definition) is 3. The molecular formula is C15H11ClN2O2. The third-order valence-electron chi connectivity index (χ3n) is 3.06. The third kappa shape index (κ3) is 2.14. The van der Waals surface area contributed by atoms with Crippen molar-refractivity contribution >= 4 is 34.2 Å². The van der Waals surface area contributed by atoms with Gasteiger partial charge in [0, 0.05) is 29.0 Å². The molecule has 0 aliphatic rings. The molecule has 0 spiro atoms. The van der Waals surface area contributed by atoms with Gasteiger partial charge in [0.25, 0.3) is 5.91 Å². The fraction of sp³-hybridized carbons (Fsp3) is 0.0667. The van der Waals surface area contributed by atoms with Crippen LogP contribution in [0.5, 0.6) is 0 Å². The first-order chi connectivity index (χ1) is 9.66. The van der Waals surface area contributed by atoms with Crippen molar-refractivity contribution in [1.82, 2.24) is 4.98 Å². The molecule has 0 unspecified atom stereocenters. The number of carbonyl (C=O) groups is 1. The molecular weight excluding hydrogens is 276 g/mol. The topological polar surface area (TPSA) is 55.1 Å². The molecule has 0 fully saturated rings. The molecule has 0 saturated heterocycles. The molecule has 0 atom stereocenters. The highest BCUT2D eigenvalue weighted by Crippen LogP contribution is 2.30. The number of amides is 1. The number of para-hydroxylation sites is 1. The summed E-state index contributed by atoms with van der Waals surface area (Å²) in [6, 6.07) is 8.87. The minimum absolute atomic E-state index is 0.268. The van der Waals surface area contributed by atoms with Gasteiger partial charge in [-0.15, -0.1) is 0 Å². The zero-order chi connectivity index (χ0) is 14.1. The number of benzene rings is 1. The SMILES string of the molecule is Cc1c(C(=O)Nc2ccncc2)oc2c(Cl)cccc12. The molecule has 0 saturated carbocycles. The quantitative estimate of drug-likeness (QED) is 0.773. The highest BCUT2D eigenvalue weighted by molar-refractivity contribution is 6.35. The van der Waals surface area contributed by atoms with Crippen molar-refractivity contribution < 1.29 is 9.21 Å². The van der Waals surface area contributed by atoms with Crippen LogP contribution < -0.4 is 5.32 Å². The summed E-state index contributed by atoms with van der Waals surface area (Å²) in [6.45, 7) is 1.84. The van der Waals surface area contributed by atoms with E-state index in [2.05, 4.69) is 10.3 Å². The van der Waals surface area contributed by atoms with E-state index in [-0.39, 0.29) is 11.7 Å². The summed E-state index contributed by atoms with van der Waals surface area (Å²) in [6.07, 6.45) is 3.22. The van der Waals surface area contributed by atoms with Crippen LogP contribution in [0.3, 0.4) is 0 Å². The Hall–Kier alpha value is -2.33. The highest BCUT2D eigenvalue weighted by atomic mass is 35.5. The number of halogens is 1. The van der Waals surface area contributed by atoms with Gasteiger partial charge in [-0.05, 0) is 25.1 Å². The molecule has 1 aromatic carbocycles. The Morgan fingerprint density at radius 2 is 2.00 bits per heavy atom. The second kappa shape index (κ2) is 4.98.